The number of esters is 1. The number of aliphatic hydroxyl groups is 1. The first-order valence-corrected chi connectivity index (χ1v) is 17.7. The average molecular weight is 706 g/mol. The molecule has 3 aliphatic rings. The summed E-state index contributed by atoms with van der Waals surface area (Å²) in [4.78, 5) is 61.6. The molecule has 2 bridgehead atoms. The van der Waals surface area contributed by atoms with E-state index in [9.17, 15) is 24.3 Å². The Balaban J connectivity index is 1.53. The molecule has 3 aliphatic heterocycles. The Bertz CT molecular complexity index is 1580. The molecule has 2 aromatic rings. The number of carbonyl (C=O) groups excluding carboxylic acids is 4. The lowest BCUT2D eigenvalue weighted by atomic mass is 9.70. The Morgan fingerprint density at radius 2 is 1.78 bits per heavy atom. The fourth-order valence-corrected chi connectivity index (χ4v) is 8.09. The molecule has 3 saturated heterocycles. The lowest BCUT2D eigenvalue weighted by Gasteiger charge is -2.40. The zero-order valence-electron chi connectivity index (χ0n) is 29.2. The van der Waals surface area contributed by atoms with E-state index in [0.29, 0.717) is 35.5 Å². The summed E-state index contributed by atoms with van der Waals surface area (Å²) in [6.45, 7) is 12.9. The second kappa shape index (κ2) is 15.5. The second-order valence-electron chi connectivity index (χ2n) is 13.9. The highest BCUT2D eigenvalue weighted by Crippen LogP contribution is 2.59. The summed E-state index contributed by atoms with van der Waals surface area (Å²) in [6, 6.07) is 13.7. The molecular weight excluding hydrogens is 658 g/mol. The molecule has 10 nitrogen and oxygen atoms in total. The van der Waals surface area contributed by atoms with Gasteiger partial charge in [-0.2, -0.15) is 0 Å². The molecule has 3 heterocycles. The molecule has 50 heavy (non-hydrogen) atoms. The molecule has 1 spiro atoms. The third-order valence-corrected chi connectivity index (χ3v) is 10.9. The minimum absolute atomic E-state index is 0.118. The van der Waals surface area contributed by atoms with Crippen LogP contribution in [0.3, 0.4) is 0 Å². The fourth-order valence-electron chi connectivity index (χ4n) is 7.96. The van der Waals surface area contributed by atoms with Crippen molar-refractivity contribution in [2.24, 2.45) is 17.8 Å². The number of halogens is 1. The van der Waals surface area contributed by atoms with Gasteiger partial charge in [-0.25, -0.2) is 0 Å². The first kappa shape index (κ1) is 37.3. The summed E-state index contributed by atoms with van der Waals surface area (Å²) in [7, 11) is 1.68. The van der Waals surface area contributed by atoms with Crippen molar-refractivity contribution in [3.05, 3.63) is 90.5 Å². The number of allylic oxidation sites excluding steroid dienone is 1. The summed E-state index contributed by atoms with van der Waals surface area (Å²) in [5.41, 5.74) is -0.0557. The standard InChI is InChI=1S/C39H48ClN3O7/c1-7-9-15-31(45)41(6)25(5)34(26-13-11-10-12-14-26)49-38(48)32-30-20-21-39(50-30)33(32)36(46)43(29(23-44)24(3)4)35(39)37(47)42(22-8-2)28-18-16-27(40)17-19-28/h7-8,10-14,16-19,24-25,29-30,32-35,44H,1-2,9,15,20-23H2,3-6H3/t25-,29+,30-,32+,33+,34+,35-,39+/m1/s1. The van der Waals surface area contributed by atoms with Gasteiger partial charge in [-0.3, -0.25) is 19.2 Å². The van der Waals surface area contributed by atoms with E-state index in [1.165, 1.54) is 9.80 Å². The molecular formula is C39H48ClN3O7. The largest absolute Gasteiger partial charge is 0.455 e. The zero-order valence-corrected chi connectivity index (χ0v) is 30.0. The van der Waals surface area contributed by atoms with E-state index in [2.05, 4.69) is 13.2 Å². The number of amides is 3. The van der Waals surface area contributed by atoms with E-state index in [4.69, 9.17) is 21.1 Å². The van der Waals surface area contributed by atoms with Gasteiger partial charge in [0, 0.05) is 30.7 Å². The van der Waals surface area contributed by atoms with Crippen LogP contribution >= 0.6 is 11.6 Å². The molecule has 3 amide bonds. The van der Waals surface area contributed by atoms with Gasteiger partial charge in [0.1, 0.15) is 17.7 Å². The molecule has 0 unspecified atom stereocenters. The molecule has 5 rings (SSSR count). The molecule has 11 heteroatoms. The highest BCUT2D eigenvalue weighted by molar-refractivity contribution is 6.30. The molecule has 2 aromatic carbocycles. The van der Waals surface area contributed by atoms with Crippen LogP contribution in [0.25, 0.3) is 0 Å². The number of carbonyl (C=O) groups is 4. The van der Waals surface area contributed by atoms with Gasteiger partial charge in [-0.05, 0) is 61.9 Å². The molecule has 0 aliphatic carbocycles. The van der Waals surface area contributed by atoms with Crippen LogP contribution in [0.2, 0.25) is 5.02 Å². The minimum atomic E-state index is -1.32. The summed E-state index contributed by atoms with van der Waals surface area (Å²) in [5.74, 6) is -3.77. The number of hydrogen-bond acceptors (Lipinski definition) is 7. The van der Waals surface area contributed by atoms with Crippen molar-refractivity contribution >= 4 is 41.0 Å². The molecule has 3 fully saturated rings. The first-order valence-electron chi connectivity index (χ1n) is 17.3. The highest BCUT2D eigenvalue weighted by Gasteiger charge is 2.76. The second-order valence-corrected chi connectivity index (χ2v) is 14.3. The van der Waals surface area contributed by atoms with Crippen LogP contribution in [0.1, 0.15) is 58.1 Å². The average Bonchev–Trinajstić information content (AvgIpc) is 3.76. The maximum Gasteiger partial charge on any atom is 0.313 e. The molecule has 0 saturated carbocycles. The Morgan fingerprint density at radius 1 is 1.10 bits per heavy atom. The number of anilines is 1. The molecule has 268 valence electrons. The van der Waals surface area contributed by atoms with E-state index >= 15 is 0 Å². The fraction of sp³-hybridized carbons (Fsp3) is 0.487. The number of fused-ring (bicyclic) bond motifs is 1. The summed E-state index contributed by atoms with van der Waals surface area (Å²) >= 11 is 6.16. The van der Waals surface area contributed by atoms with E-state index in [0.717, 1.165) is 0 Å². The lowest BCUT2D eigenvalue weighted by Crippen LogP contribution is -2.59. The van der Waals surface area contributed by atoms with Crippen LogP contribution in [0.15, 0.2) is 79.9 Å². The maximum absolute atomic E-state index is 14.8. The van der Waals surface area contributed by atoms with E-state index < -0.39 is 65.6 Å². The van der Waals surface area contributed by atoms with Crippen molar-refractivity contribution in [1.82, 2.24) is 9.80 Å². The van der Waals surface area contributed by atoms with Crippen molar-refractivity contribution in [1.29, 1.82) is 0 Å². The van der Waals surface area contributed by atoms with Gasteiger partial charge in [-0.15, -0.1) is 13.2 Å². The minimum Gasteiger partial charge on any atom is -0.455 e. The summed E-state index contributed by atoms with van der Waals surface area (Å²) < 4.78 is 13.0. The molecule has 1 N–H and O–H groups in total. The number of hydrogen-bond donors (Lipinski definition) is 1. The predicted molar refractivity (Wildman–Crippen MR) is 191 cm³/mol. The number of likely N-dealkylation sites (N-methyl/N-ethyl adjacent to an activating group) is 1. The van der Waals surface area contributed by atoms with Crippen molar-refractivity contribution in [2.75, 3.05) is 25.1 Å². The summed E-state index contributed by atoms with van der Waals surface area (Å²) in [6.07, 6.45) is 3.40. The van der Waals surface area contributed by atoms with Crippen LogP contribution in [-0.2, 0) is 28.7 Å². The highest BCUT2D eigenvalue weighted by atomic mass is 35.5. The van der Waals surface area contributed by atoms with Crippen LogP contribution in [0.5, 0.6) is 0 Å². The third-order valence-electron chi connectivity index (χ3n) is 10.7. The number of likely N-dealkylation sites (tertiary alicyclic amines) is 1. The monoisotopic (exact) mass is 705 g/mol. The normalized spacial score (nSPS) is 25.5. The van der Waals surface area contributed by atoms with E-state index in [1.807, 2.05) is 51.1 Å². The Hall–Kier alpha value is -3.99. The van der Waals surface area contributed by atoms with Crippen LogP contribution in [0, 0.1) is 17.8 Å². The van der Waals surface area contributed by atoms with E-state index in [1.54, 1.807) is 48.4 Å². The Kier molecular flexibility index (Phi) is 11.5. The summed E-state index contributed by atoms with van der Waals surface area (Å²) in [5, 5.41) is 11.1. The number of rotatable bonds is 15. The van der Waals surface area contributed by atoms with Crippen molar-refractivity contribution in [2.45, 2.75) is 82.4 Å². The van der Waals surface area contributed by atoms with Crippen LogP contribution < -0.4 is 4.90 Å². The van der Waals surface area contributed by atoms with Crippen molar-refractivity contribution in [3.63, 3.8) is 0 Å². The zero-order chi connectivity index (χ0) is 36.3. The SMILES string of the molecule is C=CCCC(=O)N(C)[C@H](C)[C@H](OC(=O)[C@@H]1[C@H]2C(=O)N([C@@H](CO)C(C)C)[C@H](C(=O)N(CC=C)c3ccc(Cl)cc3)[C@]23CC[C@H]1O3)c1ccccc1. The van der Waals surface area contributed by atoms with Crippen molar-refractivity contribution in [3.8, 4) is 0 Å². The van der Waals surface area contributed by atoms with Crippen LogP contribution in [-0.4, -0.2) is 88.6 Å². The smallest absolute Gasteiger partial charge is 0.313 e. The van der Waals surface area contributed by atoms with Gasteiger partial charge in [0.2, 0.25) is 11.8 Å². The number of benzene rings is 2. The van der Waals surface area contributed by atoms with Crippen molar-refractivity contribution < 1.29 is 33.8 Å². The van der Waals surface area contributed by atoms with Crippen LogP contribution in [0.4, 0.5) is 5.69 Å². The van der Waals surface area contributed by atoms with Gasteiger partial charge < -0.3 is 29.3 Å². The third kappa shape index (κ3) is 6.73. The van der Waals surface area contributed by atoms with Gasteiger partial charge in [-0.1, -0.05) is 67.9 Å². The molecule has 8 atom stereocenters. The molecule has 0 aromatic heterocycles. The van der Waals surface area contributed by atoms with Gasteiger partial charge >= 0.3 is 5.97 Å². The van der Waals surface area contributed by atoms with Gasteiger partial charge in [0.05, 0.1) is 36.6 Å². The Morgan fingerprint density at radius 3 is 2.38 bits per heavy atom. The first-order chi connectivity index (χ1) is 23.9. The van der Waals surface area contributed by atoms with Gasteiger partial charge in [0.25, 0.3) is 5.91 Å². The van der Waals surface area contributed by atoms with Gasteiger partial charge in [0.15, 0.2) is 0 Å². The molecule has 0 radical (unpaired) electrons. The van der Waals surface area contributed by atoms with E-state index in [-0.39, 0.29) is 31.4 Å². The predicted octanol–water partition coefficient (Wildman–Crippen LogP) is 5.35. The number of ether oxygens (including phenoxy) is 2. The quantitative estimate of drug-likeness (QED) is 0.196. The topological polar surface area (TPSA) is 117 Å². The number of nitrogens with zero attached hydrogens (tertiary/aromatic N) is 3. The Labute approximate surface area is 299 Å². The number of aliphatic hydroxyl groups excluding tert-OH is 1. The maximum atomic E-state index is 14.8. The lowest BCUT2D eigenvalue weighted by molar-refractivity contribution is -0.165.